The van der Waals surface area contributed by atoms with Crippen LogP contribution in [0.25, 0.3) is 0 Å². The lowest BCUT2D eigenvalue weighted by atomic mass is 9.97. The SMILES string of the molecule is CCOC(=O)C1CCN(C(=NC)NCC(C)(C)NC(C)c2ccccc2)CC1.I. The van der Waals surface area contributed by atoms with Gasteiger partial charge in [0.1, 0.15) is 0 Å². The monoisotopic (exact) mass is 516 g/mol. The topological polar surface area (TPSA) is 66.0 Å². The second kappa shape index (κ2) is 12.4. The van der Waals surface area contributed by atoms with Gasteiger partial charge in [-0.25, -0.2) is 0 Å². The van der Waals surface area contributed by atoms with Crippen molar-refractivity contribution in [1.82, 2.24) is 15.5 Å². The van der Waals surface area contributed by atoms with Crippen molar-refractivity contribution in [2.24, 2.45) is 10.9 Å². The first-order chi connectivity index (χ1) is 13.4. The molecule has 164 valence electrons. The summed E-state index contributed by atoms with van der Waals surface area (Å²) in [4.78, 5) is 18.6. The molecule has 7 heteroatoms. The summed E-state index contributed by atoms with van der Waals surface area (Å²) in [5.41, 5.74) is 1.18. The summed E-state index contributed by atoms with van der Waals surface area (Å²) in [6.45, 7) is 11.3. The molecule has 1 fully saturated rings. The molecule has 0 amide bonds. The van der Waals surface area contributed by atoms with E-state index in [9.17, 15) is 4.79 Å². The van der Waals surface area contributed by atoms with E-state index in [0.717, 1.165) is 38.4 Å². The fourth-order valence-electron chi connectivity index (χ4n) is 3.68. The Morgan fingerprint density at radius 3 is 2.45 bits per heavy atom. The first kappa shape index (κ1) is 25.7. The van der Waals surface area contributed by atoms with Gasteiger partial charge in [-0.1, -0.05) is 30.3 Å². The highest BCUT2D eigenvalue weighted by Gasteiger charge is 2.28. The van der Waals surface area contributed by atoms with Gasteiger partial charge in [-0.05, 0) is 46.1 Å². The van der Waals surface area contributed by atoms with Crippen LogP contribution in [-0.4, -0.2) is 55.7 Å². The van der Waals surface area contributed by atoms with E-state index in [2.05, 4.69) is 65.6 Å². The predicted molar refractivity (Wildman–Crippen MR) is 130 cm³/mol. The van der Waals surface area contributed by atoms with Crippen LogP contribution in [0.3, 0.4) is 0 Å². The maximum Gasteiger partial charge on any atom is 0.309 e. The molecule has 1 saturated heterocycles. The number of benzene rings is 1. The van der Waals surface area contributed by atoms with Crippen LogP contribution in [0, 0.1) is 5.92 Å². The number of esters is 1. The van der Waals surface area contributed by atoms with Crippen LogP contribution >= 0.6 is 24.0 Å². The Morgan fingerprint density at radius 2 is 1.90 bits per heavy atom. The minimum absolute atomic E-state index is 0. The largest absolute Gasteiger partial charge is 0.466 e. The number of halogens is 1. The van der Waals surface area contributed by atoms with Gasteiger partial charge in [0, 0.05) is 38.3 Å². The Hall–Kier alpha value is -1.35. The normalized spacial score (nSPS) is 16.7. The third-order valence-electron chi connectivity index (χ3n) is 5.22. The zero-order chi connectivity index (χ0) is 20.6. The van der Waals surface area contributed by atoms with Gasteiger partial charge in [0.15, 0.2) is 5.96 Å². The van der Waals surface area contributed by atoms with Gasteiger partial charge in [0.2, 0.25) is 0 Å². The first-order valence-corrected chi connectivity index (χ1v) is 10.3. The molecule has 1 heterocycles. The highest BCUT2D eigenvalue weighted by atomic mass is 127. The summed E-state index contributed by atoms with van der Waals surface area (Å²) in [6, 6.07) is 10.7. The number of hydrogen-bond acceptors (Lipinski definition) is 4. The Bertz CT molecular complexity index is 643. The summed E-state index contributed by atoms with van der Waals surface area (Å²) in [6.07, 6.45) is 1.62. The molecule has 0 aliphatic carbocycles. The van der Waals surface area contributed by atoms with Crippen LogP contribution < -0.4 is 10.6 Å². The highest BCUT2D eigenvalue weighted by Crippen LogP contribution is 2.19. The molecule has 0 radical (unpaired) electrons. The fourth-order valence-corrected chi connectivity index (χ4v) is 3.68. The molecule has 1 atom stereocenters. The van der Waals surface area contributed by atoms with Crippen molar-refractivity contribution in [1.29, 1.82) is 0 Å². The third kappa shape index (κ3) is 8.12. The van der Waals surface area contributed by atoms with E-state index in [0.29, 0.717) is 6.61 Å². The summed E-state index contributed by atoms with van der Waals surface area (Å²) < 4.78 is 5.16. The summed E-state index contributed by atoms with van der Waals surface area (Å²) >= 11 is 0. The van der Waals surface area contributed by atoms with E-state index in [4.69, 9.17) is 4.74 Å². The smallest absolute Gasteiger partial charge is 0.309 e. The number of guanidine groups is 1. The molecule has 6 nitrogen and oxygen atoms in total. The number of piperidine rings is 1. The van der Waals surface area contributed by atoms with Gasteiger partial charge in [-0.3, -0.25) is 9.79 Å². The molecule has 0 bridgehead atoms. The number of nitrogens with zero attached hydrogens (tertiary/aromatic N) is 2. The molecule has 0 spiro atoms. The number of likely N-dealkylation sites (tertiary alicyclic amines) is 1. The lowest BCUT2D eigenvalue weighted by molar-refractivity contribution is -0.149. The quantitative estimate of drug-likeness (QED) is 0.251. The zero-order valence-electron chi connectivity index (χ0n) is 18.4. The van der Waals surface area contributed by atoms with Crippen molar-refractivity contribution < 1.29 is 9.53 Å². The van der Waals surface area contributed by atoms with Crippen molar-refractivity contribution in [3.8, 4) is 0 Å². The van der Waals surface area contributed by atoms with E-state index >= 15 is 0 Å². The molecule has 0 saturated carbocycles. The lowest BCUT2D eigenvalue weighted by Crippen LogP contribution is -2.54. The molecule has 29 heavy (non-hydrogen) atoms. The van der Waals surface area contributed by atoms with E-state index < -0.39 is 0 Å². The highest BCUT2D eigenvalue weighted by molar-refractivity contribution is 14.0. The number of hydrogen-bond donors (Lipinski definition) is 2. The van der Waals surface area contributed by atoms with Gasteiger partial charge in [-0.15, -0.1) is 24.0 Å². The van der Waals surface area contributed by atoms with Gasteiger partial charge in [-0.2, -0.15) is 0 Å². The maximum absolute atomic E-state index is 11.9. The van der Waals surface area contributed by atoms with Crippen LogP contribution in [-0.2, 0) is 9.53 Å². The van der Waals surface area contributed by atoms with Crippen LogP contribution in [0.1, 0.15) is 52.1 Å². The molecule has 1 aliphatic heterocycles. The van der Waals surface area contributed by atoms with Crippen LogP contribution in [0.4, 0.5) is 0 Å². The van der Waals surface area contributed by atoms with Gasteiger partial charge >= 0.3 is 5.97 Å². The Balaban J connectivity index is 0.00000420. The number of rotatable bonds is 7. The summed E-state index contributed by atoms with van der Waals surface area (Å²) in [5, 5.41) is 7.20. The Labute approximate surface area is 192 Å². The van der Waals surface area contributed by atoms with Crippen LogP contribution in [0.5, 0.6) is 0 Å². The number of carbonyl (C=O) groups is 1. The predicted octanol–water partition coefficient (Wildman–Crippen LogP) is 3.58. The van der Waals surface area contributed by atoms with Crippen molar-refractivity contribution in [3.05, 3.63) is 35.9 Å². The zero-order valence-corrected chi connectivity index (χ0v) is 20.7. The molecular weight excluding hydrogens is 479 g/mol. The molecule has 0 aromatic heterocycles. The van der Waals surface area contributed by atoms with Crippen LogP contribution in [0.15, 0.2) is 35.3 Å². The Kier molecular flexibility index (Phi) is 11.0. The lowest BCUT2D eigenvalue weighted by Gasteiger charge is -2.36. The molecular formula is C22H37IN4O2. The van der Waals surface area contributed by atoms with Crippen molar-refractivity contribution >= 4 is 35.9 Å². The van der Waals surface area contributed by atoms with Crippen molar-refractivity contribution in [2.45, 2.75) is 52.1 Å². The van der Waals surface area contributed by atoms with Crippen molar-refractivity contribution in [3.63, 3.8) is 0 Å². The molecule has 1 aliphatic rings. The summed E-state index contributed by atoms with van der Waals surface area (Å²) in [7, 11) is 1.81. The second-order valence-corrected chi connectivity index (χ2v) is 8.07. The number of aliphatic imine (C=N–C) groups is 1. The van der Waals surface area contributed by atoms with Crippen molar-refractivity contribution in [2.75, 3.05) is 33.3 Å². The Morgan fingerprint density at radius 1 is 1.28 bits per heavy atom. The number of nitrogens with one attached hydrogen (secondary N) is 2. The average molecular weight is 516 g/mol. The first-order valence-electron chi connectivity index (χ1n) is 10.3. The molecule has 1 aromatic rings. The minimum Gasteiger partial charge on any atom is -0.466 e. The molecule has 2 rings (SSSR count). The van der Waals surface area contributed by atoms with E-state index in [1.165, 1.54) is 5.56 Å². The maximum atomic E-state index is 11.9. The van der Waals surface area contributed by atoms with Gasteiger partial charge < -0.3 is 20.3 Å². The van der Waals surface area contributed by atoms with Crippen LogP contribution in [0.2, 0.25) is 0 Å². The number of ether oxygens (including phenoxy) is 1. The van der Waals surface area contributed by atoms with E-state index in [1.54, 1.807) is 0 Å². The minimum atomic E-state index is -0.103. The molecule has 1 aromatic carbocycles. The molecule has 2 N–H and O–H groups in total. The van der Waals surface area contributed by atoms with E-state index in [1.807, 2.05) is 20.0 Å². The fraction of sp³-hybridized carbons (Fsp3) is 0.636. The third-order valence-corrected chi connectivity index (χ3v) is 5.22. The molecule has 1 unspecified atom stereocenters. The second-order valence-electron chi connectivity index (χ2n) is 8.07. The number of carbonyl (C=O) groups excluding carboxylic acids is 1. The van der Waals surface area contributed by atoms with Gasteiger partial charge in [0.25, 0.3) is 0 Å². The van der Waals surface area contributed by atoms with Gasteiger partial charge in [0.05, 0.1) is 12.5 Å². The summed E-state index contributed by atoms with van der Waals surface area (Å²) in [5.74, 6) is 0.842. The standard InChI is InChI=1S/C22H36N4O2.HI/c1-6-28-20(27)19-12-14-26(15-13-19)21(23-5)24-16-22(3,4)25-17(2)18-10-8-7-9-11-18;/h7-11,17,19,25H,6,12-16H2,1-5H3,(H,23,24);1H. The average Bonchev–Trinajstić information content (AvgIpc) is 2.69. The van der Waals surface area contributed by atoms with E-state index in [-0.39, 0.29) is 47.4 Å².